The number of aryl methyl sites for hydroxylation is 1. The molecule has 3 aromatic rings. The van der Waals surface area contributed by atoms with Gasteiger partial charge in [-0.1, -0.05) is 28.9 Å². The van der Waals surface area contributed by atoms with Crippen LogP contribution in [0.5, 0.6) is 0 Å². The molecule has 0 bridgehead atoms. The molecular weight excluding hydrogens is 338 g/mol. The number of rotatable bonds is 5. The summed E-state index contributed by atoms with van der Waals surface area (Å²) in [4.78, 5) is 11.0. The number of nitrogens with one attached hydrogen (secondary N) is 1. The number of halogens is 1. The Hall–Kier alpha value is -2.18. The largest absolute Gasteiger partial charge is 0.367 e. The molecule has 3 heterocycles. The fraction of sp³-hybridized carbons (Fsp3) is 0.389. The summed E-state index contributed by atoms with van der Waals surface area (Å²) < 4.78 is 5.23. The van der Waals surface area contributed by atoms with Gasteiger partial charge in [0.1, 0.15) is 17.5 Å². The van der Waals surface area contributed by atoms with E-state index in [1.54, 1.807) is 0 Å². The molecule has 0 aliphatic carbocycles. The molecular formula is C18H20ClN5O. The molecule has 1 aliphatic heterocycles. The van der Waals surface area contributed by atoms with Crippen molar-refractivity contribution in [2.24, 2.45) is 0 Å². The molecule has 25 heavy (non-hydrogen) atoms. The lowest BCUT2D eigenvalue weighted by atomic mass is 10.1. The molecule has 4 rings (SSSR count). The summed E-state index contributed by atoms with van der Waals surface area (Å²) in [5, 5.41) is 9.07. The third kappa shape index (κ3) is 3.32. The van der Waals surface area contributed by atoms with Crippen LogP contribution in [-0.2, 0) is 0 Å². The quantitative estimate of drug-likeness (QED) is 0.748. The first-order valence-electron chi connectivity index (χ1n) is 8.53. The van der Waals surface area contributed by atoms with Crippen molar-refractivity contribution in [1.29, 1.82) is 0 Å². The number of aromatic nitrogens is 3. The van der Waals surface area contributed by atoms with E-state index in [0.717, 1.165) is 41.6 Å². The summed E-state index contributed by atoms with van der Waals surface area (Å²) in [6.45, 7) is 4.87. The highest BCUT2D eigenvalue weighted by Crippen LogP contribution is 2.28. The van der Waals surface area contributed by atoms with Gasteiger partial charge in [-0.3, -0.25) is 4.90 Å². The van der Waals surface area contributed by atoms with Crippen molar-refractivity contribution in [1.82, 2.24) is 20.0 Å². The summed E-state index contributed by atoms with van der Waals surface area (Å²) >= 11 is 6.06. The highest BCUT2D eigenvalue weighted by molar-refractivity contribution is 6.30. The van der Waals surface area contributed by atoms with Crippen molar-refractivity contribution >= 4 is 28.5 Å². The van der Waals surface area contributed by atoms with Gasteiger partial charge >= 0.3 is 0 Å². The highest BCUT2D eigenvalue weighted by atomic mass is 35.5. The smallest absolute Gasteiger partial charge is 0.263 e. The number of hydrogen-bond acceptors (Lipinski definition) is 6. The number of hydrogen-bond donors (Lipinski definition) is 1. The second kappa shape index (κ2) is 6.98. The lowest BCUT2D eigenvalue weighted by Crippen LogP contribution is -2.31. The van der Waals surface area contributed by atoms with Gasteiger partial charge in [0, 0.05) is 11.6 Å². The van der Waals surface area contributed by atoms with E-state index in [1.807, 2.05) is 19.1 Å². The highest BCUT2D eigenvalue weighted by Gasteiger charge is 2.24. The van der Waals surface area contributed by atoms with Crippen LogP contribution in [0.25, 0.3) is 11.1 Å². The van der Waals surface area contributed by atoms with Crippen LogP contribution in [0.1, 0.15) is 30.1 Å². The monoisotopic (exact) mass is 357 g/mol. The van der Waals surface area contributed by atoms with Gasteiger partial charge in [0.2, 0.25) is 0 Å². The maximum Gasteiger partial charge on any atom is 0.263 e. The molecule has 2 aromatic heterocycles. The molecule has 0 unspecified atom stereocenters. The van der Waals surface area contributed by atoms with Gasteiger partial charge in [-0.05, 0) is 50.6 Å². The Morgan fingerprint density at radius 2 is 1.96 bits per heavy atom. The lowest BCUT2D eigenvalue weighted by Gasteiger charge is -2.28. The number of nitrogens with zero attached hydrogens (tertiary/aromatic N) is 4. The van der Waals surface area contributed by atoms with Gasteiger partial charge in [-0.15, -0.1) is 0 Å². The summed E-state index contributed by atoms with van der Waals surface area (Å²) in [6.07, 6.45) is 3.99. The first-order chi connectivity index (χ1) is 12.2. The van der Waals surface area contributed by atoms with E-state index in [1.165, 1.54) is 24.7 Å². The summed E-state index contributed by atoms with van der Waals surface area (Å²) in [6, 6.07) is 8.38. The fourth-order valence-electron chi connectivity index (χ4n) is 3.45. The third-order valence-electron chi connectivity index (χ3n) is 4.74. The fourth-order valence-corrected chi connectivity index (χ4v) is 3.57. The van der Waals surface area contributed by atoms with Crippen LogP contribution in [0.2, 0.25) is 5.02 Å². The second-order valence-corrected chi connectivity index (χ2v) is 6.80. The molecule has 0 spiro atoms. The van der Waals surface area contributed by atoms with Gasteiger partial charge in [-0.25, -0.2) is 4.98 Å². The molecule has 1 aliphatic rings. The minimum atomic E-state index is 0.268. The topological polar surface area (TPSA) is 67.1 Å². The number of fused-ring (bicyclic) bond motifs is 1. The zero-order chi connectivity index (χ0) is 17.2. The Kier molecular flexibility index (Phi) is 4.55. The van der Waals surface area contributed by atoms with Crippen LogP contribution in [-0.4, -0.2) is 39.7 Å². The predicted octanol–water partition coefficient (Wildman–Crippen LogP) is 3.83. The van der Waals surface area contributed by atoms with Crippen LogP contribution in [0.4, 0.5) is 5.82 Å². The zero-order valence-corrected chi connectivity index (χ0v) is 14.8. The number of likely N-dealkylation sites (tertiary alicyclic amines) is 1. The predicted molar refractivity (Wildman–Crippen MR) is 97.8 cm³/mol. The van der Waals surface area contributed by atoms with Gasteiger partial charge in [0.05, 0.1) is 11.7 Å². The summed E-state index contributed by atoms with van der Waals surface area (Å²) in [5.74, 6) is 0.766. The minimum Gasteiger partial charge on any atom is -0.367 e. The Morgan fingerprint density at radius 3 is 2.72 bits per heavy atom. The maximum absolute atomic E-state index is 6.06. The number of anilines is 1. The zero-order valence-electron chi connectivity index (χ0n) is 14.1. The van der Waals surface area contributed by atoms with E-state index in [4.69, 9.17) is 16.1 Å². The average molecular weight is 358 g/mol. The molecule has 1 atom stereocenters. The van der Waals surface area contributed by atoms with E-state index in [0.29, 0.717) is 5.71 Å². The van der Waals surface area contributed by atoms with Gasteiger partial charge < -0.3 is 9.84 Å². The van der Waals surface area contributed by atoms with E-state index in [-0.39, 0.29) is 6.04 Å². The molecule has 1 fully saturated rings. The third-order valence-corrected chi connectivity index (χ3v) is 4.99. The molecule has 7 heteroatoms. The van der Waals surface area contributed by atoms with E-state index >= 15 is 0 Å². The van der Waals surface area contributed by atoms with Crippen LogP contribution in [0, 0.1) is 6.92 Å². The second-order valence-electron chi connectivity index (χ2n) is 6.36. The normalized spacial score (nSPS) is 16.4. The van der Waals surface area contributed by atoms with Crippen LogP contribution < -0.4 is 5.32 Å². The van der Waals surface area contributed by atoms with Crippen LogP contribution >= 0.6 is 11.6 Å². The molecule has 0 saturated carbocycles. The Bertz CT molecular complexity index is 858. The summed E-state index contributed by atoms with van der Waals surface area (Å²) in [7, 11) is 0. The molecule has 1 N–H and O–H groups in total. The SMILES string of the molecule is Cc1noc2ncnc(NC[C@@H](c3ccc(Cl)cc3)N3CCCC3)c12. The molecule has 0 amide bonds. The van der Waals surface area contributed by atoms with Gasteiger partial charge in [0.15, 0.2) is 0 Å². The molecule has 6 nitrogen and oxygen atoms in total. The first-order valence-corrected chi connectivity index (χ1v) is 8.90. The minimum absolute atomic E-state index is 0.268. The van der Waals surface area contributed by atoms with Crippen molar-refractivity contribution < 1.29 is 4.52 Å². The van der Waals surface area contributed by atoms with E-state index in [9.17, 15) is 0 Å². The molecule has 1 saturated heterocycles. The maximum atomic E-state index is 6.06. The average Bonchev–Trinajstić information content (AvgIpc) is 3.28. The number of benzene rings is 1. The van der Waals surface area contributed by atoms with Crippen molar-refractivity contribution in [2.75, 3.05) is 25.0 Å². The van der Waals surface area contributed by atoms with Crippen molar-refractivity contribution in [2.45, 2.75) is 25.8 Å². The van der Waals surface area contributed by atoms with E-state index in [2.05, 4.69) is 37.5 Å². The van der Waals surface area contributed by atoms with Crippen molar-refractivity contribution in [3.63, 3.8) is 0 Å². The Balaban J connectivity index is 1.60. The molecule has 1 aromatic carbocycles. The van der Waals surface area contributed by atoms with E-state index < -0.39 is 0 Å². The summed E-state index contributed by atoms with van der Waals surface area (Å²) in [5.41, 5.74) is 2.56. The first kappa shape index (κ1) is 16.3. The van der Waals surface area contributed by atoms with Crippen molar-refractivity contribution in [3.8, 4) is 0 Å². The van der Waals surface area contributed by atoms with Crippen LogP contribution in [0.3, 0.4) is 0 Å². The molecule has 0 radical (unpaired) electrons. The van der Waals surface area contributed by atoms with Crippen molar-refractivity contribution in [3.05, 3.63) is 46.9 Å². The molecule has 130 valence electrons. The Labute approximate surface area is 151 Å². The lowest BCUT2D eigenvalue weighted by molar-refractivity contribution is 0.256. The van der Waals surface area contributed by atoms with Crippen LogP contribution in [0.15, 0.2) is 35.1 Å². The van der Waals surface area contributed by atoms with Gasteiger partial charge in [0.25, 0.3) is 5.71 Å². The van der Waals surface area contributed by atoms with Gasteiger partial charge in [-0.2, -0.15) is 4.98 Å². The standard InChI is InChI=1S/C18H20ClN5O/c1-12-16-17(21-11-22-18(16)25-23-12)20-10-15(24-8-2-3-9-24)13-4-6-14(19)7-5-13/h4-7,11,15H,2-3,8-10H2,1H3,(H,20,21,22)/t15-/m0/s1. The Morgan fingerprint density at radius 1 is 1.20 bits per heavy atom.